The maximum Gasteiger partial charge on any atom is 0.339 e. The van der Waals surface area contributed by atoms with Crippen molar-refractivity contribution >= 4 is 22.0 Å². The monoisotopic (exact) mass is 495 g/mol. The number of hydrogen-bond acceptors (Lipinski definition) is 7. The summed E-state index contributed by atoms with van der Waals surface area (Å²) in [5, 5.41) is 2.86. The smallest absolute Gasteiger partial charge is 0.339 e. The largest absolute Gasteiger partial charge is 0.493 e. The molecule has 9 heteroatoms. The number of hydrogen-bond donors (Lipinski definition) is 1. The van der Waals surface area contributed by atoms with Gasteiger partial charge in [-0.15, -0.1) is 0 Å². The average Bonchev–Trinajstić information content (AvgIpc) is 2.84. The molecular formula is C26H25NO7S. The fraction of sp³-hybridized carbons (Fsp3) is 0.231. The Morgan fingerprint density at radius 1 is 1.03 bits per heavy atom. The van der Waals surface area contributed by atoms with Crippen molar-refractivity contribution < 1.29 is 31.7 Å². The van der Waals surface area contributed by atoms with E-state index in [0.717, 1.165) is 16.9 Å². The van der Waals surface area contributed by atoms with Crippen LogP contribution in [0.5, 0.6) is 11.5 Å². The lowest BCUT2D eigenvalue weighted by Crippen LogP contribution is -2.35. The second-order valence-electron chi connectivity index (χ2n) is 8.20. The first-order valence-corrected chi connectivity index (χ1v) is 12.4. The summed E-state index contributed by atoms with van der Waals surface area (Å²) in [6.45, 7) is 3.51. The van der Waals surface area contributed by atoms with E-state index in [0.29, 0.717) is 18.6 Å². The van der Waals surface area contributed by atoms with Crippen LogP contribution in [-0.2, 0) is 19.6 Å². The molecule has 0 fully saturated rings. The molecule has 8 nitrogen and oxygen atoms in total. The fourth-order valence-corrected chi connectivity index (χ4v) is 4.98. The van der Waals surface area contributed by atoms with Gasteiger partial charge in [-0.1, -0.05) is 30.3 Å². The summed E-state index contributed by atoms with van der Waals surface area (Å²) >= 11 is 0. The maximum atomic E-state index is 12.6. The molecule has 0 saturated heterocycles. The molecule has 3 aromatic rings. The molecule has 1 unspecified atom stereocenters. The normalized spacial score (nSPS) is 14.9. The quantitative estimate of drug-likeness (QED) is 0.392. The molecule has 1 N–H and O–H groups in total. The van der Waals surface area contributed by atoms with Crippen LogP contribution >= 0.6 is 0 Å². The lowest BCUT2D eigenvalue weighted by Gasteiger charge is -2.26. The third kappa shape index (κ3) is 5.81. The second kappa shape index (κ2) is 10.2. The van der Waals surface area contributed by atoms with Crippen LogP contribution in [0, 0.1) is 13.8 Å². The molecule has 0 bridgehead atoms. The van der Waals surface area contributed by atoms with Gasteiger partial charge in [-0.05, 0) is 61.4 Å². The highest BCUT2D eigenvalue weighted by molar-refractivity contribution is 7.87. The van der Waals surface area contributed by atoms with Gasteiger partial charge < -0.3 is 19.0 Å². The Bertz CT molecular complexity index is 1350. The van der Waals surface area contributed by atoms with Crippen molar-refractivity contribution in [2.75, 3.05) is 13.2 Å². The lowest BCUT2D eigenvalue weighted by atomic mass is 10.0. The molecule has 0 aliphatic carbocycles. The van der Waals surface area contributed by atoms with Crippen LogP contribution in [-0.4, -0.2) is 33.5 Å². The van der Waals surface area contributed by atoms with Gasteiger partial charge in [0.25, 0.3) is 5.91 Å². The molecule has 3 aromatic carbocycles. The first-order valence-electron chi connectivity index (χ1n) is 11.0. The zero-order valence-electron chi connectivity index (χ0n) is 19.3. The third-order valence-electron chi connectivity index (χ3n) is 5.54. The van der Waals surface area contributed by atoms with Gasteiger partial charge in [-0.2, -0.15) is 8.42 Å². The Hall–Kier alpha value is -3.85. The number of ether oxygens (including phenoxy) is 2. The summed E-state index contributed by atoms with van der Waals surface area (Å²) in [6, 6.07) is 17.8. The van der Waals surface area contributed by atoms with Gasteiger partial charge in [-0.3, -0.25) is 4.79 Å². The first kappa shape index (κ1) is 24.3. The topological polar surface area (TPSA) is 108 Å². The van der Waals surface area contributed by atoms with Crippen LogP contribution < -0.4 is 14.2 Å². The van der Waals surface area contributed by atoms with Crippen LogP contribution in [0.2, 0.25) is 0 Å². The molecule has 0 radical (unpaired) electrons. The van der Waals surface area contributed by atoms with Gasteiger partial charge in [0, 0.05) is 12.0 Å². The van der Waals surface area contributed by atoms with Crippen LogP contribution in [0.25, 0.3) is 0 Å². The fourth-order valence-electron chi connectivity index (χ4n) is 3.74. The van der Waals surface area contributed by atoms with Crippen molar-refractivity contribution in [1.82, 2.24) is 5.32 Å². The van der Waals surface area contributed by atoms with E-state index in [2.05, 4.69) is 5.32 Å². The molecule has 1 heterocycles. The summed E-state index contributed by atoms with van der Waals surface area (Å²) in [7, 11) is -4.03. The van der Waals surface area contributed by atoms with Crippen molar-refractivity contribution in [3.05, 3.63) is 89.0 Å². The predicted octanol–water partition coefficient (Wildman–Crippen LogP) is 3.87. The number of esters is 1. The Morgan fingerprint density at radius 2 is 1.77 bits per heavy atom. The summed E-state index contributed by atoms with van der Waals surface area (Å²) < 4.78 is 41.2. The van der Waals surface area contributed by atoms with Gasteiger partial charge >= 0.3 is 16.1 Å². The van der Waals surface area contributed by atoms with Crippen LogP contribution in [0.15, 0.2) is 71.6 Å². The number of aryl methyl sites for hydroxylation is 2. The molecule has 1 aliphatic heterocycles. The van der Waals surface area contributed by atoms with E-state index >= 15 is 0 Å². The van der Waals surface area contributed by atoms with E-state index < -0.39 is 28.6 Å². The number of rotatable bonds is 7. The number of para-hydroxylation sites is 1. The van der Waals surface area contributed by atoms with E-state index in [-0.39, 0.29) is 22.3 Å². The maximum absolute atomic E-state index is 12.6. The van der Waals surface area contributed by atoms with Crippen LogP contribution in [0.1, 0.15) is 39.5 Å². The lowest BCUT2D eigenvalue weighted by molar-refractivity contribution is -0.125. The van der Waals surface area contributed by atoms with E-state index in [1.54, 1.807) is 26.0 Å². The van der Waals surface area contributed by atoms with Crippen molar-refractivity contribution in [1.29, 1.82) is 0 Å². The number of fused-ring (bicyclic) bond motifs is 1. The zero-order valence-corrected chi connectivity index (χ0v) is 20.1. The van der Waals surface area contributed by atoms with Crippen molar-refractivity contribution in [2.45, 2.75) is 31.2 Å². The standard InChI is InChI=1S/C26H25NO7S/c1-17-7-8-18(2)24(15-17)35(30,31)34-20-11-9-19(10-12-20)26(29)33-16-25(28)27-22-13-14-32-23-6-4-3-5-21(22)23/h3-12,15,22H,13-14,16H2,1-2H3,(H,27,28). The number of amides is 1. The van der Waals surface area contributed by atoms with Gasteiger partial charge in [0.1, 0.15) is 16.4 Å². The molecule has 1 atom stereocenters. The highest BCUT2D eigenvalue weighted by Gasteiger charge is 2.23. The van der Waals surface area contributed by atoms with E-state index in [9.17, 15) is 18.0 Å². The summed E-state index contributed by atoms with van der Waals surface area (Å²) in [5.41, 5.74) is 2.40. The Balaban J connectivity index is 1.33. The van der Waals surface area contributed by atoms with Crippen molar-refractivity contribution in [3.63, 3.8) is 0 Å². The number of nitrogens with one attached hydrogen (secondary N) is 1. The Labute approximate surface area is 204 Å². The summed E-state index contributed by atoms with van der Waals surface area (Å²) in [6.07, 6.45) is 0.614. The molecule has 1 amide bonds. The second-order valence-corrected chi connectivity index (χ2v) is 9.72. The summed E-state index contributed by atoms with van der Waals surface area (Å²) in [5.74, 6) is -0.364. The molecular weight excluding hydrogens is 470 g/mol. The van der Waals surface area contributed by atoms with E-state index in [1.165, 1.54) is 24.3 Å². The molecule has 0 saturated carbocycles. The molecule has 0 aromatic heterocycles. The number of carbonyl (C=O) groups is 2. The van der Waals surface area contributed by atoms with Crippen LogP contribution in [0.3, 0.4) is 0 Å². The van der Waals surface area contributed by atoms with E-state index in [4.69, 9.17) is 13.7 Å². The third-order valence-corrected chi connectivity index (χ3v) is 6.93. The molecule has 0 spiro atoms. The molecule has 35 heavy (non-hydrogen) atoms. The molecule has 1 aliphatic rings. The highest BCUT2D eigenvalue weighted by Crippen LogP contribution is 2.31. The SMILES string of the molecule is Cc1ccc(C)c(S(=O)(=O)Oc2ccc(C(=O)OCC(=O)NC3CCOc4ccccc43)cc2)c1. The zero-order chi connectivity index (χ0) is 25.0. The summed E-state index contributed by atoms with van der Waals surface area (Å²) in [4.78, 5) is 24.8. The Kier molecular flexibility index (Phi) is 7.07. The van der Waals surface area contributed by atoms with Gasteiger partial charge in [-0.25, -0.2) is 4.79 Å². The Morgan fingerprint density at radius 3 is 2.54 bits per heavy atom. The predicted molar refractivity (Wildman–Crippen MR) is 128 cm³/mol. The number of carbonyl (C=O) groups excluding carboxylic acids is 2. The average molecular weight is 496 g/mol. The molecule has 182 valence electrons. The number of benzene rings is 3. The van der Waals surface area contributed by atoms with Gasteiger partial charge in [0.05, 0.1) is 18.2 Å². The minimum Gasteiger partial charge on any atom is -0.493 e. The molecule has 4 rings (SSSR count). The minimum atomic E-state index is -4.03. The van der Waals surface area contributed by atoms with Gasteiger partial charge in [0.2, 0.25) is 0 Å². The minimum absolute atomic E-state index is 0.0541. The highest BCUT2D eigenvalue weighted by atomic mass is 32.2. The van der Waals surface area contributed by atoms with Crippen molar-refractivity contribution in [3.8, 4) is 11.5 Å². The van der Waals surface area contributed by atoms with E-state index in [1.807, 2.05) is 30.3 Å². The van der Waals surface area contributed by atoms with Gasteiger partial charge in [0.15, 0.2) is 6.61 Å². The van der Waals surface area contributed by atoms with Crippen molar-refractivity contribution in [2.24, 2.45) is 0 Å². The van der Waals surface area contributed by atoms with Crippen LogP contribution in [0.4, 0.5) is 0 Å². The first-order chi connectivity index (χ1) is 16.7.